The van der Waals surface area contributed by atoms with Gasteiger partial charge in [-0.1, -0.05) is 12.1 Å². The maximum absolute atomic E-state index is 12.0. The summed E-state index contributed by atoms with van der Waals surface area (Å²) in [5.41, 5.74) is 0.341. The topological polar surface area (TPSA) is 103 Å². The number of amides is 2. The first-order valence-electron chi connectivity index (χ1n) is 6.58. The van der Waals surface area contributed by atoms with Gasteiger partial charge in [-0.25, -0.2) is 4.79 Å². The van der Waals surface area contributed by atoms with E-state index in [0.29, 0.717) is 17.2 Å². The maximum Gasteiger partial charge on any atom is 0.323 e. The van der Waals surface area contributed by atoms with Crippen molar-refractivity contribution in [3.8, 4) is 11.5 Å². The standard InChI is InChI=1S/C15H15N3O5/c1-22-11-7-10(8-12(9-11)23-2)16-15(19)17-13-5-3-4-6-14(13)18(20)21/h3-9H,1-2H3,(H2,16,17,19). The predicted octanol–water partition coefficient (Wildman–Crippen LogP) is 3.26. The lowest BCUT2D eigenvalue weighted by Gasteiger charge is -2.11. The summed E-state index contributed by atoms with van der Waals surface area (Å²) in [6.45, 7) is 0. The van der Waals surface area contributed by atoms with Crippen LogP contribution in [0.1, 0.15) is 0 Å². The highest BCUT2D eigenvalue weighted by molar-refractivity contribution is 6.01. The van der Waals surface area contributed by atoms with Gasteiger partial charge in [0.2, 0.25) is 0 Å². The lowest BCUT2D eigenvalue weighted by Crippen LogP contribution is -2.20. The lowest BCUT2D eigenvalue weighted by atomic mass is 10.2. The molecule has 0 bridgehead atoms. The summed E-state index contributed by atoms with van der Waals surface area (Å²) in [5.74, 6) is 1.01. The molecular formula is C15H15N3O5. The molecule has 2 amide bonds. The number of anilines is 2. The van der Waals surface area contributed by atoms with Crippen LogP contribution in [0.25, 0.3) is 0 Å². The van der Waals surface area contributed by atoms with Gasteiger partial charge >= 0.3 is 6.03 Å². The van der Waals surface area contributed by atoms with Gasteiger partial charge in [0, 0.05) is 30.0 Å². The summed E-state index contributed by atoms with van der Waals surface area (Å²) in [7, 11) is 2.98. The summed E-state index contributed by atoms with van der Waals surface area (Å²) < 4.78 is 10.2. The highest BCUT2D eigenvalue weighted by Crippen LogP contribution is 2.27. The molecule has 0 spiro atoms. The highest BCUT2D eigenvalue weighted by Gasteiger charge is 2.15. The maximum atomic E-state index is 12.0. The normalized spacial score (nSPS) is 9.83. The zero-order chi connectivity index (χ0) is 16.8. The largest absolute Gasteiger partial charge is 0.497 e. The first-order valence-corrected chi connectivity index (χ1v) is 6.58. The number of nitrogens with zero attached hydrogens (tertiary/aromatic N) is 1. The number of hydrogen-bond acceptors (Lipinski definition) is 5. The van der Waals surface area contributed by atoms with Gasteiger partial charge in [0.25, 0.3) is 5.69 Å². The molecule has 0 aliphatic rings. The number of methoxy groups -OCH3 is 2. The van der Waals surface area contributed by atoms with Crippen molar-refractivity contribution in [3.63, 3.8) is 0 Å². The van der Waals surface area contributed by atoms with Crippen molar-refractivity contribution in [2.45, 2.75) is 0 Å². The minimum absolute atomic E-state index is 0.102. The molecule has 0 atom stereocenters. The number of nitro benzene ring substituents is 1. The van der Waals surface area contributed by atoms with Crippen LogP contribution in [-0.2, 0) is 0 Å². The van der Waals surface area contributed by atoms with Crippen LogP contribution in [0.3, 0.4) is 0 Å². The molecule has 0 saturated heterocycles. The van der Waals surface area contributed by atoms with E-state index in [9.17, 15) is 14.9 Å². The molecule has 120 valence electrons. The smallest absolute Gasteiger partial charge is 0.323 e. The summed E-state index contributed by atoms with van der Waals surface area (Å²) in [5, 5.41) is 15.9. The molecule has 0 radical (unpaired) electrons. The Morgan fingerprint density at radius 2 is 1.65 bits per heavy atom. The number of carbonyl (C=O) groups is 1. The fourth-order valence-corrected chi connectivity index (χ4v) is 1.90. The Kier molecular flexibility index (Phi) is 4.98. The van der Waals surface area contributed by atoms with Crippen molar-refractivity contribution >= 4 is 23.1 Å². The van der Waals surface area contributed by atoms with Crippen molar-refractivity contribution in [1.82, 2.24) is 0 Å². The van der Waals surface area contributed by atoms with Gasteiger partial charge in [0.1, 0.15) is 17.2 Å². The Morgan fingerprint density at radius 3 is 2.22 bits per heavy atom. The minimum atomic E-state index is -0.616. The number of carbonyl (C=O) groups excluding carboxylic acids is 1. The number of rotatable bonds is 5. The third-order valence-corrected chi connectivity index (χ3v) is 2.96. The van der Waals surface area contributed by atoms with Gasteiger partial charge in [0.05, 0.1) is 19.1 Å². The van der Waals surface area contributed by atoms with E-state index in [0.717, 1.165) is 0 Å². The van der Waals surface area contributed by atoms with Gasteiger partial charge in [-0.05, 0) is 6.07 Å². The third-order valence-electron chi connectivity index (χ3n) is 2.96. The fourth-order valence-electron chi connectivity index (χ4n) is 1.90. The van der Waals surface area contributed by atoms with E-state index in [1.165, 1.54) is 32.4 Å². The third kappa shape index (κ3) is 4.10. The van der Waals surface area contributed by atoms with Crippen LogP contribution < -0.4 is 20.1 Å². The molecule has 0 aliphatic heterocycles. The Hall–Kier alpha value is -3.29. The molecule has 0 aliphatic carbocycles. The molecule has 2 aromatic carbocycles. The van der Waals surface area contributed by atoms with Gasteiger partial charge in [-0.2, -0.15) is 0 Å². The van der Waals surface area contributed by atoms with E-state index in [1.807, 2.05) is 0 Å². The molecule has 0 fully saturated rings. The van der Waals surface area contributed by atoms with Crippen LogP contribution in [0, 0.1) is 10.1 Å². The van der Waals surface area contributed by atoms with E-state index < -0.39 is 11.0 Å². The van der Waals surface area contributed by atoms with Crippen LogP contribution in [0.2, 0.25) is 0 Å². The summed E-state index contributed by atoms with van der Waals surface area (Å²) >= 11 is 0. The van der Waals surface area contributed by atoms with Gasteiger partial charge in [-0.15, -0.1) is 0 Å². The number of ether oxygens (including phenoxy) is 2. The zero-order valence-electron chi connectivity index (χ0n) is 12.5. The Morgan fingerprint density at radius 1 is 1.04 bits per heavy atom. The predicted molar refractivity (Wildman–Crippen MR) is 85.3 cm³/mol. The van der Waals surface area contributed by atoms with E-state index in [-0.39, 0.29) is 11.4 Å². The number of hydrogen-bond donors (Lipinski definition) is 2. The fraction of sp³-hybridized carbons (Fsp3) is 0.133. The highest BCUT2D eigenvalue weighted by atomic mass is 16.6. The van der Waals surface area contributed by atoms with E-state index in [1.54, 1.807) is 24.3 Å². The monoisotopic (exact) mass is 317 g/mol. The van der Waals surface area contributed by atoms with Crippen LogP contribution in [0.4, 0.5) is 21.9 Å². The van der Waals surface area contributed by atoms with Crippen molar-refractivity contribution in [2.24, 2.45) is 0 Å². The Balaban J connectivity index is 2.16. The molecule has 0 aromatic heterocycles. The average molecular weight is 317 g/mol. The number of nitrogens with one attached hydrogen (secondary N) is 2. The first-order chi connectivity index (χ1) is 11.0. The minimum Gasteiger partial charge on any atom is -0.497 e. The second-order valence-electron chi connectivity index (χ2n) is 4.45. The zero-order valence-corrected chi connectivity index (χ0v) is 12.5. The van der Waals surface area contributed by atoms with Crippen molar-refractivity contribution < 1.29 is 19.2 Å². The van der Waals surface area contributed by atoms with E-state index >= 15 is 0 Å². The molecule has 0 heterocycles. The van der Waals surface area contributed by atoms with Crippen molar-refractivity contribution in [3.05, 3.63) is 52.6 Å². The molecule has 8 heteroatoms. The van der Waals surface area contributed by atoms with E-state index in [4.69, 9.17) is 9.47 Å². The van der Waals surface area contributed by atoms with Gasteiger partial charge in [0.15, 0.2) is 0 Å². The molecule has 2 rings (SSSR count). The molecular weight excluding hydrogens is 302 g/mol. The molecule has 2 N–H and O–H groups in total. The van der Waals surface area contributed by atoms with Gasteiger partial charge < -0.3 is 20.1 Å². The van der Waals surface area contributed by atoms with Crippen LogP contribution in [-0.4, -0.2) is 25.2 Å². The van der Waals surface area contributed by atoms with Crippen molar-refractivity contribution in [2.75, 3.05) is 24.9 Å². The molecule has 8 nitrogen and oxygen atoms in total. The second kappa shape index (κ2) is 7.12. The first kappa shape index (κ1) is 16.1. The molecule has 0 unspecified atom stereocenters. The summed E-state index contributed by atoms with van der Waals surface area (Å²) in [6, 6.07) is 10.1. The summed E-state index contributed by atoms with van der Waals surface area (Å²) in [4.78, 5) is 22.4. The summed E-state index contributed by atoms with van der Waals surface area (Å²) in [6.07, 6.45) is 0. The Bertz CT molecular complexity index is 711. The molecule has 2 aromatic rings. The van der Waals surface area contributed by atoms with Crippen LogP contribution >= 0.6 is 0 Å². The number of benzene rings is 2. The number of urea groups is 1. The van der Waals surface area contributed by atoms with Crippen LogP contribution in [0.5, 0.6) is 11.5 Å². The molecule has 0 saturated carbocycles. The second-order valence-corrected chi connectivity index (χ2v) is 4.45. The van der Waals surface area contributed by atoms with Crippen LogP contribution in [0.15, 0.2) is 42.5 Å². The quantitative estimate of drug-likeness (QED) is 0.651. The van der Waals surface area contributed by atoms with Gasteiger partial charge in [-0.3, -0.25) is 10.1 Å². The number of nitro groups is 1. The lowest BCUT2D eigenvalue weighted by molar-refractivity contribution is -0.383. The number of para-hydroxylation sites is 2. The van der Waals surface area contributed by atoms with E-state index in [2.05, 4.69) is 10.6 Å². The molecule has 23 heavy (non-hydrogen) atoms. The average Bonchev–Trinajstić information content (AvgIpc) is 2.54. The van der Waals surface area contributed by atoms with Crippen molar-refractivity contribution in [1.29, 1.82) is 0 Å². The SMILES string of the molecule is COc1cc(NC(=O)Nc2ccccc2[N+](=O)[O-])cc(OC)c1. The Labute approximate surface area is 132 Å².